The van der Waals surface area contributed by atoms with Gasteiger partial charge in [0, 0.05) is 24.6 Å². The van der Waals surface area contributed by atoms with Gasteiger partial charge in [-0.2, -0.15) is 11.8 Å². The van der Waals surface area contributed by atoms with Crippen molar-refractivity contribution in [2.45, 2.75) is 13.3 Å². The number of carbonyl (C=O) groups is 1. The van der Waals surface area contributed by atoms with Gasteiger partial charge in [0.15, 0.2) is 0 Å². The summed E-state index contributed by atoms with van der Waals surface area (Å²) < 4.78 is 0. The highest BCUT2D eigenvalue weighted by molar-refractivity contribution is 7.99. The molecule has 1 rings (SSSR count). The minimum atomic E-state index is 0.178. The van der Waals surface area contributed by atoms with Crippen molar-refractivity contribution in [3.63, 3.8) is 0 Å². The lowest BCUT2D eigenvalue weighted by Crippen LogP contribution is -2.36. The zero-order valence-corrected chi connectivity index (χ0v) is 8.27. The Bertz CT molecular complexity index is 173. The second-order valence-corrected chi connectivity index (χ2v) is 3.97. The molecule has 0 saturated carbocycles. The van der Waals surface area contributed by atoms with Crippen LogP contribution in [0.25, 0.3) is 0 Å². The molecule has 0 aromatic heterocycles. The molecule has 0 atom stereocenters. The van der Waals surface area contributed by atoms with E-state index in [0.717, 1.165) is 31.0 Å². The van der Waals surface area contributed by atoms with E-state index in [1.165, 1.54) is 0 Å². The average Bonchev–Trinajstić information content (AvgIpc) is 2.15. The molecule has 3 heteroatoms. The van der Waals surface area contributed by atoms with E-state index in [0.29, 0.717) is 0 Å². The van der Waals surface area contributed by atoms with E-state index < -0.39 is 0 Å². The fourth-order valence-corrected chi connectivity index (χ4v) is 2.01. The highest BCUT2D eigenvalue weighted by atomic mass is 32.2. The molecule has 12 heavy (non-hydrogen) atoms. The molecule has 0 unspecified atom stereocenters. The van der Waals surface area contributed by atoms with Crippen molar-refractivity contribution >= 4 is 17.7 Å². The minimum Gasteiger partial charge on any atom is -0.338 e. The average molecular weight is 185 g/mol. The van der Waals surface area contributed by atoms with Crippen LogP contribution in [0.15, 0.2) is 12.2 Å². The molecule has 0 aromatic carbocycles. The summed E-state index contributed by atoms with van der Waals surface area (Å²) in [7, 11) is 0. The number of carbonyl (C=O) groups excluding carboxylic acids is 1. The predicted molar refractivity (Wildman–Crippen MR) is 53.3 cm³/mol. The minimum absolute atomic E-state index is 0.178. The van der Waals surface area contributed by atoms with Crippen LogP contribution in [0.1, 0.15) is 13.3 Å². The number of amides is 1. The monoisotopic (exact) mass is 185 g/mol. The molecule has 1 aliphatic rings. The SMILES string of the molecule is CC/C=C/C(=O)N1CCSCC1. The zero-order chi connectivity index (χ0) is 8.81. The molecule has 1 aliphatic heterocycles. The molecule has 1 saturated heterocycles. The summed E-state index contributed by atoms with van der Waals surface area (Å²) >= 11 is 1.92. The molecular formula is C9H15NOS. The number of nitrogens with zero attached hydrogens (tertiary/aromatic N) is 1. The Morgan fingerprint density at radius 3 is 2.75 bits per heavy atom. The van der Waals surface area contributed by atoms with Crippen LogP contribution < -0.4 is 0 Å². The van der Waals surface area contributed by atoms with Gasteiger partial charge in [0.1, 0.15) is 0 Å². The molecule has 1 amide bonds. The molecule has 68 valence electrons. The maximum absolute atomic E-state index is 11.4. The van der Waals surface area contributed by atoms with Crippen molar-refractivity contribution < 1.29 is 4.79 Å². The third-order valence-corrected chi connectivity index (χ3v) is 2.76. The van der Waals surface area contributed by atoms with Gasteiger partial charge in [0.25, 0.3) is 0 Å². The van der Waals surface area contributed by atoms with Crippen LogP contribution in [0, 0.1) is 0 Å². The van der Waals surface area contributed by atoms with Crippen LogP contribution in [0.4, 0.5) is 0 Å². The summed E-state index contributed by atoms with van der Waals surface area (Å²) in [6.45, 7) is 3.87. The molecule has 0 radical (unpaired) electrons. The first-order chi connectivity index (χ1) is 5.84. The quantitative estimate of drug-likeness (QED) is 0.608. The van der Waals surface area contributed by atoms with Crippen molar-refractivity contribution in [1.82, 2.24) is 4.90 Å². The van der Waals surface area contributed by atoms with E-state index in [1.54, 1.807) is 6.08 Å². The van der Waals surface area contributed by atoms with Crippen LogP contribution in [-0.2, 0) is 4.79 Å². The number of hydrogen-bond acceptors (Lipinski definition) is 2. The lowest BCUT2D eigenvalue weighted by molar-refractivity contribution is -0.125. The van der Waals surface area contributed by atoms with E-state index in [4.69, 9.17) is 0 Å². The van der Waals surface area contributed by atoms with Gasteiger partial charge in [-0.1, -0.05) is 13.0 Å². The molecule has 2 nitrogen and oxygen atoms in total. The number of hydrogen-bond donors (Lipinski definition) is 0. The summed E-state index contributed by atoms with van der Waals surface area (Å²) in [6.07, 6.45) is 4.55. The maximum atomic E-state index is 11.4. The first kappa shape index (κ1) is 9.65. The van der Waals surface area contributed by atoms with E-state index in [1.807, 2.05) is 29.7 Å². The summed E-state index contributed by atoms with van der Waals surface area (Å²) in [4.78, 5) is 13.3. The van der Waals surface area contributed by atoms with Crippen molar-refractivity contribution in [1.29, 1.82) is 0 Å². The summed E-state index contributed by atoms with van der Waals surface area (Å²) in [5, 5.41) is 0. The highest BCUT2D eigenvalue weighted by Gasteiger charge is 2.13. The highest BCUT2D eigenvalue weighted by Crippen LogP contribution is 2.09. The Kier molecular flexibility index (Phi) is 4.22. The van der Waals surface area contributed by atoms with Crippen LogP contribution >= 0.6 is 11.8 Å². The second kappa shape index (κ2) is 5.25. The van der Waals surface area contributed by atoms with Crippen LogP contribution in [0.3, 0.4) is 0 Å². The molecule has 0 spiro atoms. The fourth-order valence-electron chi connectivity index (χ4n) is 1.11. The molecular weight excluding hydrogens is 170 g/mol. The predicted octanol–water partition coefficient (Wildman–Crippen LogP) is 1.53. The van der Waals surface area contributed by atoms with Gasteiger partial charge in [-0.3, -0.25) is 4.79 Å². The lowest BCUT2D eigenvalue weighted by atomic mass is 10.3. The van der Waals surface area contributed by atoms with Gasteiger partial charge in [0.2, 0.25) is 5.91 Å². The van der Waals surface area contributed by atoms with Crippen molar-refractivity contribution in [2.75, 3.05) is 24.6 Å². The fraction of sp³-hybridized carbons (Fsp3) is 0.667. The molecule has 0 N–H and O–H groups in total. The van der Waals surface area contributed by atoms with E-state index in [9.17, 15) is 4.79 Å². The topological polar surface area (TPSA) is 20.3 Å². The Morgan fingerprint density at radius 2 is 2.17 bits per heavy atom. The Hall–Kier alpha value is -0.440. The van der Waals surface area contributed by atoms with Crippen LogP contribution in [-0.4, -0.2) is 35.4 Å². The van der Waals surface area contributed by atoms with Crippen LogP contribution in [0.5, 0.6) is 0 Å². The van der Waals surface area contributed by atoms with Crippen molar-refractivity contribution in [3.8, 4) is 0 Å². The van der Waals surface area contributed by atoms with Gasteiger partial charge in [-0.15, -0.1) is 0 Å². The third kappa shape index (κ3) is 2.89. The van der Waals surface area contributed by atoms with Crippen LogP contribution in [0.2, 0.25) is 0 Å². The summed E-state index contributed by atoms with van der Waals surface area (Å²) in [5.41, 5.74) is 0. The van der Waals surface area contributed by atoms with Crippen molar-refractivity contribution in [3.05, 3.63) is 12.2 Å². The third-order valence-electron chi connectivity index (χ3n) is 1.82. The first-order valence-corrected chi connectivity index (χ1v) is 5.53. The van der Waals surface area contributed by atoms with E-state index in [2.05, 4.69) is 0 Å². The maximum Gasteiger partial charge on any atom is 0.246 e. The Morgan fingerprint density at radius 1 is 1.50 bits per heavy atom. The number of allylic oxidation sites excluding steroid dienone is 1. The molecule has 0 aliphatic carbocycles. The summed E-state index contributed by atoms with van der Waals surface area (Å²) in [6, 6.07) is 0. The summed E-state index contributed by atoms with van der Waals surface area (Å²) in [5.74, 6) is 2.36. The van der Waals surface area contributed by atoms with Gasteiger partial charge >= 0.3 is 0 Å². The molecule has 1 fully saturated rings. The smallest absolute Gasteiger partial charge is 0.246 e. The lowest BCUT2D eigenvalue weighted by Gasteiger charge is -2.24. The van der Waals surface area contributed by atoms with Gasteiger partial charge in [-0.25, -0.2) is 0 Å². The van der Waals surface area contributed by atoms with E-state index >= 15 is 0 Å². The molecule has 0 bridgehead atoms. The molecule has 1 heterocycles. The second-order valence-electron chi connectivity index (χ2n) is 2.75. The van der Waals surface area contributed by atoms with Crippen molar-refractivity contribution in [2.24, 2.45) is 0 Å². The Labute approximate surface area is 78.0 Å². The van der Waals surface area contributed by atoms with E-state index in [-0.39, 0.29) is 5.91 Å². The number of thioether (sulfide) groups is 1. The molecule has 0 aromatic rings. The Balaban J connectivity index is 2.34. The number of rotatable bonds is 2. The van der Waals surface area contributed by atoms with Gasteiger partial charge in [-0.05, 0) is 12.5 Å². The zero-order valence-electron chi connectivity index (χ0n) is 7.45. The normalized spacial score (nSPS) is 18.6. The van der Waals surface area contributed by atoms with Gasteiger partial charge in [0.05, 0.1) is 0 Å². The largest absolute Gasteiger partial charge is 0.338 e. The van der Waals surface area contributed by atoms with Gasteiger partial charge < -0.3 is 4.90 Å². The first-order valence-electron chi connectivity index (χ1n) is 4.37. The standard InChI is InChI=1S/C9H15NOS/c1-2-3-4-9(11)10-5-7-12-8-6-10/h3-4H,2,5-8H2,1H3/b4-3+.